The Morgan fingerprint density at radius 2 is 2.32 bits per heavy atom. The highest BCUT2D eigenvalue weighted by atomic mass is 32.1. The smallest absolute Gasteiger partial charge is 0.266 e. The normalized spacial score (nSPS) is 15.7. The summed E-state index contributed by atoms with van der Waals surface area (Å²) in [6.07, 6.45) is 5.33. The largest absolute Gasteiger partial charge is 0.313 e. The second kappa shape index (κ2) is 4.75. The van der Waals surface area contributed by atoms with Crippen LogP contribution in [0.25, 0.3) is 12.7 Å². The van der Waals surface area contributed by atoms with E-state index in [-0.39, 0.29) is 17.4 Å². The fraction of sp³-hybridized carbons (Fsp3) is 0.250. The molecule has 5 nitrogen and oxygen atoms in total. The zero-order valence-electron chi connectivity index (χ0n) is 9.93. The van der Waals surface area contributed by atoms with Crippen LogP contribution in [-0.2, 0) is 4.79 Å². The highest BCUT2D eigenvalue weighted by molar-refractivity contribution is 7.16. The van der Waals surface area contributed by atoms with Crippen LogP contribution in [0.2, 0.25) is 0 Å². The van der Waals surface area contributed by atoms with Gasteiger partial charge in [-0.2, -0.15) is 0 Å². The fourth-order valence-corrected chi connectivity index (χ4v) is 3.16. The number of hydrogen-bond acceptors (Lipinski definition) is 5. The van der Waals surface area contributed by atoms with Crippen molar-refractivity contribution in [3.05, 3.63) is 30.6 Å². The molecule has 0 spiro atoms. The number of hydrogen-bond donors (Lipinski definition) is 2. The molecular formula is C12H11N3O2S2. The van der Waals surface area contributed by atoms with Crippen LogP contribution in [0.3, 0.4) is 0 Å². The monoisotopic (exact) mass is 293 g/mol. The van der Waals surface area contributed by atoms with Crippen molar-refractivity contribution in [2.75, 3.05) is 5.32 Å². The van der Waals surface area contributed by atoms with Crippen molar-refractivity contribution in [1.82, 2.24) is 9.97 Å². The molecule has 2 aromatic rings. The molecule has 1 aliphatic rings. The first-order chi connectivity index (χ1) is 9.11. The molecule has 0 saturated heterocycles. The molecule has 0 atom stereocenters. The van der Waals surface area contributed by atoms with Gasteiger partial charge in [0.1, 0.15) is 0 Å². The first-order valence-electron chi connectivity index (χ1n) is 5.78. The summed E-state index contributed by atoms with van der Waals surface area (Å²) < 4.78 is 1.22. The standard InChI is InChI=1S/C12H11N3O2S2/c1-6-14-11(17)9(18-6)4-8-5-13-12(19-8)15-10(16)7-2-3-7/h4-5,7H,1-3H2,(H,14,17)(H,13,15,16)/b9-4-. The molecular weight excluding hydrogens is 282 g/mol. The SMILES string of the molecule is C=c1[nH]c(=O)/c(=C/c2cnc(NC(=O)C3CC3)s2)s1. The average Bonchev–Trinajstić information content (AvgIpc) is 3.04. The molecule has 19 heavy (non-hydrogen) atoms. The molecule has 2 heterocycles. The van der Waals surface area contributed by atoms with Crippen molar-refractivity contribution in [2.24, 2.45) is 5.92 Å². The van der Waals surface area contributed by atoms with Gasteiger partial charge in [-0.15, -0.1) is 11.3 Å². The zero-order valence-corrected chi connectivity index (χ0v) is 11.6. The Hall–Kier alpha value is -1.73. The van der Waals surface area contributed by atoms with Crippen molar-refractivity contribution >= 4 is 46.4 Å². The third-order valence-corrected chi connectivity index (χ3v) is 4.42. The molecule has 2 N–H and O–H groups in total. The summed E-state index contributed by atoms with van der Waals surface area (Å²) in [5.41, 5.74) is -0.146. The summed E-state index contributed by atoms with van der Waals surface area (Å²) in [4.78, 5) is 30.7. The van der Waals surface area contributed by atoms with E-state index in [0.717, 1.165) is 17.7 Å². The Morgan fingerprint density at radius 1 is 1.53 bits per heavy atom. The number of nitrogens with one attached hydrogen (secondary N) is 2. The van der Waals surface area contributed by atoms with E-state index in [9.17, 15) is 9.59 Å². The molecule has 0 aliphatic heterocycles. The van der Waals surface area contributed by atoms with Crippen LogP contribution >= 0.6 is 22.7 Å². The van der Waals surface area contributed by atoms with Crippen LogP contribution in [0.1, 0.15) is 17.7 Å². The number of nitrogens with zero attached hydrogens (tertiary/aromatic N) is 1. The number of aromatic nitrogens is 2. The number of carbonyl (C=O) groups is 1. The molecule has 7 heteroatoms. The zero-order chi connectivity index (χ0) is 13.4. The van der Waals surface area contributed by atoms with Gasteiger partial charge in [-0.3, -0.25) is 9.59 Å². The van der Waals surface area contributed by atoms with E-state index in [1.54, 1.807) is 12.3 Å². The number of anilines is 1. The Labute approximate surface area is 116 Å². The highest BCUT2D eigenvalue weighted by Crippen LogP contribution is 2.30. The van der Waals surface area contributed by atoms with Gasteiger partial charge in [0, 0.05) is 12.1 Å². The summed E-state index contributed by atoms with van der Waals surface area (Å²) in [5.74, 6) is 0.195. The molecule has 1 aliphatic carbocycles. The molecule has 0 bridgehead atoms. The summed E-state index contributed by atoms with van der Waals surface area (Å²) in [7, 11) is 0. The summed E-state index contributed by atoms with van der Waals surface area (Å²) >= 11 is 2.66. The minimum absolute atomic E-state index is 0.0370. The van der Waals surface area contributed by atoms with Gasteiger partial charge in [-0.05, 0) is 18.9 Å². The second-order valence-electron chi connectivity index (χ2n) is 4.32. The topological polar surface area (TPSA) is 74.8 Å². The number of amides is 1. The quantitative estimate of drug-likeness (QED) is 0.864. The molecule has 0 unspecified atom stereocenters. The summed E-state index contributed by atoms with van der Waals surface area (Å²) in [5, 5.41) is 3.36. The molecule has 1 saturated carbocycles. The van der Waals surface area contributed by atoms with Gasteiger partial charge in [-0.25, -0.2) is 4.98 Å². The average molecular weight is 293 g/mol. The van der Waals surface area contributed by atoms with E-state index in [2.05, 4.69) is 21.9 Å². The number of carbonyl (C=O) groups excluding carboxylic acids is 1. The Kier molecular flexibility index (Phi) is 3.08. The molecule has 1 fully saturated rings. The van der Waals surface area contributed by atoms with Crippen LogP contribution < -0.4 is 20.1 Å². The van der Waals surface area contributed by atoms with Gasteiger partial charge in [0.15, 0.2) is 5.13 Å². The van der Waals surface area contributed by atoms with Gasteiger partial charge >= 0.3 is 0 Å². The van der Waals surface area contributed by atoms with E-state index in [1.807, 2.05) is 0 Å². The highest BCUT2D eigenvalue weighted by Gasteiger charge is 2.29. The van der Waals surface area contributed by atoms with Gasteiger partial charge in [-0.1, -0.05) is 17.9 Å². The lowest BCUT2D eigenvalue weighted by Crippen LogP contribution is -2.19. The van der Waals surface area contributed by atoms with Crippen LogP contribution in [-0.4, -0.2) is 15.9 Å². The third kappa shape index (κ3) is 2.82. The van der Waals surface area contributed by atoms with Crippen molar-refractivity contribution in [3.8, 4) is 0 Å². The van der Waals surface area contributed by atoms with Crippen molar-refractivity contribution in [3.63, 3.8) is 0 Å². The molecule has 3 rings (SSSR count). The lowest BCUT2D eigenvalue weighted by atomic mass is 10.4. The Balaban J connectivity index is 1.83. The molecule has 1 amide bonds. The van der Waals surface area contributed by atoms with Crippen LogP contribution in [0.15, 0.2) is 11.0 Å². The van der Waals surface area contributed by atoms with E-state index in [4.69, 9.17) is 0 Å². The van der Waals surface area contributed by atoms with E-state index >= 15 is 0 Å². The molecule has 0 aromatic carbocycles. The predicted octanol–water partition coefficient (Wildman–Crippen LogP) is 0.480. The summed E-state index contributed by atoms with van der Waals surface area (Å²) in [6.45, 7) is 3.69. The van der Waals surface area contributed by atoms with Crippen LogP contribution in [0.5, 0.6) is 0 Å². The first kappa shape index (κ1) is 12.3. The summed E-state index contributed by atoms with van der Waals surface area (Å²) in [6, 6.07) is 0. The maximum Gasteiger partial charge on any atom is 0.266 e. The molecule has 98 valence electrons. The number of thiazole rings is 2. The molecule has 2 aromatic heterocycles. The van der Waals surface area contributed by atoms with E-state index in [0.29, 0.717) is 14.3 Å². The molecule has 0 radical (unpaired) electrons. The number of H-pyrrole nitrogens is 1. The van der Waals surface area contributed by atoms with Crippen molar-refractivity contribution in [2.45, 2.75) is 12.8 Å². The number of rotatable bonds is 3. The van der Waals surface area contributed by atoms with Gasteiger partial charge < -0.3 is 10.3 Å². The maximum absolute atomic E-state index is 11.6. The van der Waals surface area contributed by atoms with Gasteiger partial charge in [0.25, 0.3) is 5.56 Å². The first-order valence-corrected chi connectivity index (χ1v) is 7.41. The van der Waals surface area contributed by atoms with Crippen molar-refractivity contribution < 1.29 is 4.79 Å². The van der Waals surface area contributed by atoms with Crippen LogP contribution in [0.4, 0.5) is 5.13 Å². The van der Waals surface area contributed by atoms with E-state index < -0.39 is 0 Å². The Bertz CT molecular complexity index is 782. The minimum atomic E-state index is -0.146. The lowest BCUT2D eigenvalue weighted by Gasteiger charge is -1.96. The van der Waals surface area contributed by atoms with Gasteiger partial charge in [0.2, 0.25) is 5.91 Å². The third-order valence-electron chi connectivity index (χ3n) is 2.69. The van der Waals surface area contributed by atoms with Crippen LogP contribution in [0, 0.1) is 5.92 Å². The fourth-order valence-electron chi connectivity index (χ4n) is 1.58. The minimum Gasteiger partial charge on any atom is -0.313 e. The van der Waals surface area contributed by atoms with E-state index in [1.165, 1.54) is 22.7 Å². The maximum atomic E-state index is 11.6. The second-order valence-corrected chi connectivity index (χ2v) is 6.52. The predicted molar refractivity (Wildman–Crippen MR) is 76.7 cm³/mol. The number of aromatic amines is 1. The van der Waals surface area contributed by atoms with Gasteiger partial charge in [0.05, 0.1) is 14.1 Å². The Morgan fingerprint density at radius 3 is 2.95 bits per heavy atom. The van der Waals surface area contributed by atoms with Crippen molar-refractivity contribution in [1.29, 1.82) is 0 Å². The lowest BCUT2D eigenvalue weighted by molar-refractivity contribution is -0.117.